The molecule has 0 bridgehead atoms. The molecule has 5 heteroatoms. The number of rotatable bonds is 2. The summed E-state index contributed by atoms with van der Waals surface area (Å²) in [4.78, 5) is 20.7. The Balaban J connectivity index is 1.52. The fourth-order valence-corrected chi connectivity index (χ4v) is 5.12. The second kappa shape index (κ2) is 6.03. The molecule has 0 radical (unpaired) electrons. The molecule has 6 rings (SSSR count). The number of carbonyl (C=O) groups is 1. The summed E-state index contributed by atoms with van der Waals surface area (Å²) in [5.74, 6) is 0.103. The summed E-state index contributed by atoms with van der Waals surface area (Å²) in [6, 6.07) is 7.98. The van der Waals surface area contributed by atoms with E-state index in [1.165, 1.54) is 5.56 Å². The summed E-state index contributed by atoms with van der Waals surface area (Å²) in [7, 11) is 0. The summed E-state index contributed by atoms with van der Waals surface area (Å²) in [6.07, 6.45) is 5.38. The molecular weight excluding hydrogens is 377 g/mol. The van der Waals surface area contributed by atoms with Crippen molar-refractivity contribution >= 4 is 5.91 Å². The second-order valence-electron chi connectivity index (χ2n) is 9.29. The largest absolute Gasteiger partial charge is 0.357 e. The van der Waals surface area contributed by atoms with E-state index in [1.807, 2.05) is 24.3 Å². The van der Waals surface area contributed by atoms with Crippen molar-refractivity contribution in [2.24, 2.45) is 0 Å². The van der Waals surface area contributed by atoms with E-state index in [0.29, 0.717) is 30.1 Å². The molecule has 1 aromatic carbocycles. The van der Waals surface area contributed by atoms with Crippen LogP contribution in [0.15, 0.2) is 30.5 Å². The molecule has 2 aliphatic carbocycles. The van der Waals surface area contributed by atoms with Crippen LogP contribution >= 0.6 is 0 Å². The van der Waals surface area contributed by atoms with Gasteiger partial charge in [0, 0.05) is 35.0 Å². The minimum absolute atomic E-state index is 0.0255. The van der Waals surface area contributed by atoms with Gasteiger partial charge >= 0.3 is 0 Å². The van der Waals surface area contributed by atoms with E-state index in [-0.39, 0.29) is 17.1 Å². The number of H-pyrrole nitrogens is 1. The highest BCUT2D eigenvalue weighted by atomic mass is 19.1. The van der Waals surface area contributed by atoms with Gasteiger partial charge in [-0.05, 0) is 48.3 Å². The Morgan fingerprint density at radius 3 is 2.57 bits per heavy atom. The summed E-state index contributed by atoms with van der Waals surface area (Å²) in [5, 5.41) is 3.05. The molecule has 2 aromatic heterocycles. The predicted octanol–water partition coefficient (Wildman–Crippen LogP) is 4.88. The first-order valence-corrected chi connectivity index (χ1v) is 10.8. The molecule has 3 aliphatic rings. The normalized spacial score (nSPS) is 18.1. The lowest BCUT2D eigenvalue weighted by Crippen LogP contribution is -2.39. The van der Waals surface area contributed by atoms with E-state index in [4.69, 9.17) is 0 Å². The number of hydrogen-bond acceptors (Lipinski definition) is 2. The average Bonchev–Trinajstić information content (AvgIpc) is 3.41. The van der Waals surface area contributed by atoms with Gasteiger partial charge in [-0.15, -0.1) is 0 Å². The van der Waals surface area contributed by atoms with Gasteiger partial charge in [0.1, 0.15) is 5.69 Å². The van der Waals surface area contributed by atoms with Crippen molar-refractivity contribution in [2.45, 2.75) is 50.9 Å². The Hall–Kier alpha value is -2.95. The zero-order chi connectivity index (χ0) is 20.6. The molecule has 4 nitrogen and oxygen atoms in total. The first-order valence-electron chi connectivity index (χ1n) is 10.8. The smallest absolute Gasteiger partial charge is 0.253 e. The minimum Gasteiger partial charge on any atom is -0.357 e. The number of aromatic amines is 1. The highest BCUT2D eigenvalue weighted by molar-refractivity contribution is 6.01. The Kier molecular flexibility index (Phi) is 3.59. The molecule has 3 aromatic rings. The van der Waals surface area contributed by atoms with Gasteiger partial charge in [0.2, 0.25) is 0 Å². The Bertz CT molecular complexity index is 1200. The lowest BCUT2D eigenvalue weighted by Gasteiger charge is -2.23. The molecule has 1 spiro atoms. The number of aromatic nitrogens is 2. The highest BCUT2D eigenvalue weighted by Gasteiger charge is 2.51. The lowest BCUT2D eigenvalue weighted by molar-refractivity contribution is 0.0936. The van der Waals surface area contributed by atoms with Crippen LogP contribution in [-0.2, 0) is 18.3 Å². The standard InChI is InChI=1S/C25H24FN3O/c1-13(2)14-3-5-15(6-4-14)21-20(26)18-16(11-27-21)7-8-17-19-23(29-22(17)18)25(9-10-25)12-28-24(19)30/h3-6,11,13,29H,7-10,12H2,1-2H3,(H,28,30). The van der Waals surface area contributed by atoms with Gasteiger partial charge in [0.15, 0.2) is 5.82 Å². The molecule has 30 heavy (non-hydrogen) atoms. The monoisotopic (exact) mass is 401 g/mol. The maximum absolute atomic E-state index is 15.9. The van der Waals surface area contributed by atoms with Crippen molar-refractivity contribution in [1.82, 2.24) is 15.3 Å². The number of benzene rings is 1. The molecule has 0 saturated heterocycles. The fourth-order valence-electron chi connectivity index (χ4n) is 5.12. The molecule has 1 saturated carbocycles. The average molecular weight is 401 g/mol. The van der Waals surface area contributed by atoms with E-state index in [2.05, 4.69) is 29.1 Å². The molecule has 1 amide bonds. The highest BCUT2D eigenvalue weighted by Crippen LogP contribution is 2.53. The van der Waals surface area contributed by atoms with Gasteiger partial charge in [-0.25, -0.2) is 4.39 Å². The first kappa shape index (κ1) is 17.9. The Morgan fingerprint density at radius 2 is 1.87 bits per heavy atom. The summed E-state index contributed by atoms with van der Waals surface area (Å²) < 4.78 is 15.9. The number of nitrogens with zero attached hydrogens (tertiary/aromatic N) is 1. The van der Waals surface area contributed by atoms with Crippen molar-refractivity contribution < 1.29 is 9.18 Å². The van der Waals surface area contributed by atoms with E-state index < -0.39 is 0 Å². The molecule has 2 N–H and O–H groups in total. The van der Waals surface area contributed by atoms with Gasteiger partial charge in [0.05, 0.1) is 11.3 Å². The van der Waals surface area contributed by atoms with E-state index in [0.717, 1.165) is 52.9 Å². The summed E-state index contributed by atoms with van der Waals surface area (Å²) >= 11 is 0. The molecule has 1 fully saturated rings. The van der Waals surface area contributed by atoms with Crippen molar-refractivity contribution in [2.75, 3.05) is 6.54 Å². The number of fused-ring (bicyclic) bond motifs is 6. The van der Waals surface area contributed by atoms with E-state index >= 15 is 4.39 Å². The van der Waals surface area contributed by atoms with E-state index in [9.17, 15) is 4.79 Å². The van der Waals surface area contributed by atoms with Gasteiger partial charge in [0.25, 0.3) is 5.91 Å². The predicted molar refractivity (Wildman–Crippen MR) is 114 cm³/mol. The van der Waals surface area contributed by atoms with Crippen LogP contribution in [0.2, 0.25) is 0 Å². The lowest BCUT2D eigenvalue weighted by atomic mass is 9.85. The second-order valence-corrected chi connectivity index (χ2v) is 9.29. The van der Waals surface area contributed by atoms with Crippen LogP contribution < -0.4 is 5.32 Å². The summed E-state index contributed by atoms with van der Waals surface area (Å²) in [5.41, 5.74) is 7.42. The SMILES string of the molecule is CC(C)c1ccc(-c2ncc3c(c2F)-c2[nH]c4c(c2CC3)C(=O)NCC42CC2)cc1. The number of hydrogen-bond donors (Lipinski definition) is 2. The van der Waals surface area contributed by atoms with Crippen LogP contribution in [0.4, 0.5) is 4.39 Å². The van der Waals surface area contributed by atoms with Crippen LogP contribution in [0.3, 0.4) is 0 Å². The number of pyridine rings is 1. The van der Waals surface area contributed by atoms with Gasteiger partial charge in [-0.3, -0.25) is 9.78 Å². The third-order valence-corrected chi connectivity index (χ3v) is 7.14. The van der Waals surface area contributed by atoms with Crippen LogP contribution in [0.25, 0.3) is 22.5 Å². The van der Waals surface area contributed by atoms with Crippen LogP contribution in [0.1, 0.15) is 65.3 Å². The number of nitrogens with one attached hydrogen (secondary N) is 2. The molecule has 0 unspecified atom stereocenters. The van der Waals surface area contributed by atoms with Gasteiger partial charge < -0.3 is 10.3 Å². The summed E-state index contributed by atoms with van der Waals surface area (Å²) in [6.45, 7) is 4.96. The number of amides is 1. The Labute approximate surface area is 174 Å². The van der Waals surface area contributed by atoms with E-state index in [1.54, 1.807) is 6.20 Å². The van der Waals surface area contributed by atoms with Crippen molar-refractivity contribution in [3.05, 3.63) is 64.2 Å². The maximum atomic E-state index is 15.9. The van der Waals surface area contributed by atoms with Gasteiger partial charge in [-0.2, -0.15) is 0 Å². The first-order chi connectivity index (χ1) is 14.5. The van der Waals surface area contributed by atoms with Crippen molar-refractivity contribution in [3.8, 4) is 22.5 Å². The van der Waals surface area contributed by atoms with Crippen molar-refractivity contribution in [1.29, 1.82) is 0 Å². The minimum atomic E-state index is -0.297. The molecular formula is C25H24FN3O. The third kappa shape index (κ3) is 2.38. The quantitative estimate of drug-likeness (QED) is 0.643. The number of halogens is 1. The maximum Gasteiger partial charge on any atom is 0.253 e. The van der Waals surface area contributed by atoms with Crippen molar-refractivity contribution in [3.63, 3.8) is 0 Å². The third-order valence-electron chi connectivity index (χ3n) is 7.14. The molecule has 152 valence electrons. The van der Waals surface area contributed by atoms with Crippen LogP contribution in [0, 0.1) is 5.82 Å². The molecule has 3 heterocycles. The topological polar surface area (TPSA) is 57.8 Å². The zero-order valence-corrected chi connectivity index (χ0v) is 17.2. The number of carbonyl (C=O) groups excluding carboxylic acids is 1. The number of aryl methyl sites for hydroxylation is 1. The van der Waals surface area contributed by atoms with Gasteiger partial charge in [-0.1, -0.05) is 38.1 Å². The fraction of sp³-hybridized carbons (Fsp3) is 0.360. The zero-order valence-electron chi connectivity index (χ0n) is 17.2. The van der Waals surface area contributed by atoms with Crippen LogP contribution in [0.5, 0.6) is 0 Å². The Morgan fingerprint density at radius 1 is 1.10 bits per heavy atom. The molecule has 1 aliphatic heterocycles. The van der Waals surface area contributed by atoms with Crippen LogP contribution in [-0.4, -0.2) is 22.4 Å². The molecule has 0 atom stereocenters.